The molecule has 0 radical (unpaired) electrons. The summed E-state index contributed by atoms with van der Waals surface area (Å²) in [5.41, 5.74) is 1.67. The van der Waals surface area contributed by atoms with Crippen molar-refractivity contribution in [2.45, 2.75) is 13.3 Å². The van der Waals surface area contributed by atoms with Crippen molar-refractivity contribution in [1.29, 1.82) is 0 Å². The molecule has 0 N–H and O–H groups in total. The molecule has 0 atom stereocenters. The lowest BCUT2D eigenvalue weighted by Gasteiger charge is -2.16. The SMILES string of the molecule is Cc1ccc(C(=O)COC(=O)c2ccc3c(c2)CCN3S(C)(=O)=O)s1. The van der Waals surface area contributed by atoms with Crippen LogP contribution in [0.5, 0.6) is 0 Å². The van der Waals surface area contributed by atoms with Crippen molar-refractivity contribution in [2.24, 2.45) is 0 Å². The van der Waals surface area contributed by atoms with Crippen LogP contribution in [0.2, 0.25) is 0 Å². The largest absolute Gasteiger partial charge is 0.454 e. The van der Waals surface area contributed by atoms with Gasteiger partial charge in [0.2, 0.25) is 15.8 Å². The number of carbonyl (C=O) groups excluding carboxylic acids is 2. The third-order valence-corrected chi connectivity index (χ3v) is 6.14. The lowest BCUT2D eigenvalue weighted by atomic mass is 10.1. The maximum absolute atomic E-state index is 12.2. The first-order chi connectivity index (χ1) is 11.8. The molecule has 0 saturated heterocycles. The number of nitrogens with zero attached hydrogens (tertiary/aromatic N) is 1. The predicted molar refractivity (Wildman–Crippen MR) is 96.0 cm³/mol. The van der Waals surface area contributed by atoms with E-state index in [0.29, 0.717) is 29.1 Å². The number of carbonyl (C=O) groups is 2. The summed E-state index contributed by atoms with van der Waals surface area (Å²) in [6, 6.07) is 8.30. The van der Waals surface area contributed by atoms with Gasteiger partial charge in [-0.1, -0.05) is 0 Å². The van der Waals surface area contributed by atoms with Crippen molar-refractivity contribution in [2.75, 3.05) is 23.7 Å². The van der Waals surface area contributed by atoms with Crippen LogP contribution >= 0.6 is 11.3 Å². The van der Waals surface area contributed by atoms with E-state index in [1.807, 2.05) is 13.0 Å². The predicted octanol–water partition coefficient (Wildman–Crippen LogP) is 2.42. The van der Waals surface area contributed by atoms with E-state index in [-0.39, 0.29) is 12.4 Å². The third kappa shape index (κ3) is 3.74. The van der Waals surface area contributed by atoms with Gasteiger partial charge in [-0.3, -0.25) is 9.10 Å². The van der Waals surface area contributed by atoms with Gasteiger partial charge in [-0.25, -0.2) is 13.2 Å². The van der Waals surface area contributed by atoms with Gasteiger partial charge >= 0.3 is 5.97 Å². The van der Waals surface area contributed by atoms with Crippen molar-refractivity contribution >= 4 is 38.8 Å². The molecule has 1 aliphatic rings. The normalized spacial score (nSPS) is 13.6. The summed E-state index contributed by atoms with van der Waals surface area (Å²) in [6.45, 7) is 1.95. The Bertz CT molecular complexity index is 946. The number of Topliss-reactive ketones (excluding diaryl/α,β-unsaturated/α-hetero) is 1. The van der Waals surface area contributed by atoms with Crippen LogP contribution in [-0.2, 0) is 21.2 Å². The number of benzene rings is 1. The second-order valence-electron chi connectivity index (χ2n) is 5.84. The number of hydrogen-bond donors (Lipinski definition) is 0. The lowest BCUT2D eigenvalue weighted by Crippen LogP contribution is -2.27. The lowest BCUT2D eigenvalue weighted by molar-refractivity contribution is 0.0476. The second kappa shape index (κ2) is 6.61. The van der Waals surface area contributed by atoms with E-state index in [1.54, 1.807) is 18.2 Å². The van der Waals surface area contributed by atoms with E-state index in [2.05, 4.69) is 0 Å². The van der Waals surface area contributed by atoms with E-state index in [1.165, 1.54) is 21.7 Å². The summed E-state index contributed by atoms with van der Waals surface area (Å²) >= 11 is 1.36. The highest BCUT2D eigenvalue weighted by Gasteiger charge is 2.27. The minimum atomic E-state index is -3.33. The first-order valence-corrected chi connectivity index (χ1v) is 10.3. The van der Waals surface area contributed by atoms with E-state index in [0.717, 1.165) is 16.7 Å². The van der Waals surface area contributed by atoms with E-state index < -0.39 is 16.0 Å². The molecule has 132 valence electrons. The Morgan fingerprint density at radius 3 is 2.64 bits per heavy atom. The van der Waals surface area contributed by atoms with Gasteiger partial charge < -0.3 is 4.74 Å². The fraction of sp³-hybridized carbons (Fsp3) is 0.294. The molecule has 0 amide bonds. The number of hydrogen-bond acceptors (Lipinski definition) is 6. The highest BCUT2D eigenvalue weighted by molar-refractivity contribution is 7.92. The van der Waals surface area contributed by atoms with Gasteiger partial charge in [-0.15, -0.1) is 11.3 Å². The second-order valence-corrected chi connectivity index (χ2v) is 9.03. The molecule has 25 heavy (non-hydrogen) atoms. The monoisotopic (exact) mass is 379 g/mol. The Kier molecular flexibility index (Phi) is 4.66. The van der Waals surface area contributed by atoms with Crippen molar-refractivity contribution in [3.05, 3.63) is 51.2 Å². The first-order valence-electron chi connectivity index (χ1n) is 7.63. The molecule has 3 rings (SSSR count). The number of ketones is 1. The average Bonchev–Trinajstić information content (AvgIpc) is 3.17. The summed E-state index contributed by atoms with van der Waals surface area (Å²) in [7, 11) is -3.33. The fourth-order valence-corrected chi connectivity index (χ4v) is 4.46. The summed E-state index contributed by atoms with van der Waals surface area (Å²) in [6.07, 6.45) is 1.69. The summed E-state index contributed by atoms with van der Waals surface area (Å²) in [4.78, 5) is 25.7. The molecule has 0 saturated carbocycles. The Balaban J connectivity index is 1.69. The first kappa shape index (κ1) is 17.6. The zero-order chi connectivity index (χ0) is 18.2. The standard InChI is InChI=1S/C17H17NO5S2/c1-11-3-6-16(24-11)15(19)10-23-17(20)13-4-5-14-12(9-13)7-8-18(14)25(2,21)22/h3-6,9H,7-8,10H2,1-2H3. The summed E-state index contributed by atoms with van der Waals surface area (Å²) in [5, 5.41) is 0. The van der Waals surface area contributed by atoms with E-state index >= 15 is 0 Å². The molecule has 2 aromatic rings. The Labute approximate surface area is 150 Å². The average molecular weight is 379 g/mol. The molecule has 0 aliphatic carbocycles. The van der Waals surface area contributed by atoms with Gasteiger partial charge in [-0.05, 0) is 49.2 Å². The molecule has 0 spiro atoms. The molecule has 1 aliphatic heterocycles. The number of esters is 1. The van der Waals surface area contributed by atoms with Crippen LogP contribution in [0.4, 0.5) is 5.69 Å². The topological polar surface area (TPSA) is 80.8 Å². The summed E-state index contributed by atoms with van der Waals surface area (Å²) < 4.78 is 29.9. The van der Waals surface area contributed by atoms with Crippen LogP contribution in [0.15, 0.2) is 30.3 Å². The highest BCUT2D eigenvalue weighted by atomic mass is 32.2. The smallest absolute Gasteiger partial charge is 0.338 e. The number of anilines is 1. The van der Waals surface area contributed by atoms with Gasteiger partial charge in [0.05, 0.1) is 22.4 Å². The molecule has 0 unspecified atom stereocenters. The van der Waals surface area contributed by atoms with Gasteiger partial charge in [0, 0.05) is 11.4 Å². The number of sulfonamides is 1. The van der Waals surface area contributed by atoms with Gasteiger partial charge in [0.1, 0.15) is 0 Å². The molecule has 6 nitrogen and oxygen atoms in total. The number of thiophene rings is 1. The van der Waals surface area contributed by atoms with Crippen molar-refractivity contribution in [3.8, 4) is 0 Å². The van der Waals surface area contributed by atoms with Gasteiger partial charge in [0.25, 0.3) is 0 Å². The maximum atomic E-state index is 12.2. The Morgan fingerprint density at radius 1 is 1.24 bits per heavy atom. The zero-order valence-corrected chi connectivity index (χ0v) is 15.4. The van der Waals surface area contributed by atoms with Crippen LogP contribution in [0.1, 0.15) is 30.5 Å². The molecule has 1 aromatic carbocycles. The fourth-order valence-electron chi connectivity index (χ4n) is 2.71. The van der Waals surface area contributed by atoms with Crippen LogP contribution in [0, 0.1) is 6.92 Å². The van der Waals surface area contributed by atoms with Crippen LogP contribution in [0.25, 0.3) is 0 Å². The molecule has 2 heterocycles. The van der Waals surface area contributed by atoms with Crippen LogP contribution in [0.3, 0.4) is 0 Å². The van der Waals surface area contributed by atoms with Crippen LogP contribution < -0.4 is 4.31 Å². The molecular formula is C17H17NO5S2. The summed E-state index contributed by atoms with van der Waals surface area (Å²) in [5.74, 6) is -0.835. The van der Waals surface area contributed by atoms with Gasteiger partial charge in [0.15, 0.2) is 6.61 Å². The molecule has 0 fully saturated rings. The highest BCUT2D eigenvalue weighted by Crippen LogP contribution is 2.30. The maximum Gasteiger partial charge on any atom is 0.338 e. The minimum absolute atomic E-state index is 0.240. The quantitative estimate of drug-likeness (QED) is 0.589. The van der Waals surface area contributed by atoms with Crippen molar-refractivity contribution < 1.29 is 22.7 Å². The minimum Gasteiger partial charge on any atom is -0.454 e. The Morgan fingerprint density at radius 2 is 2.00 bits per heavy atom. The molecule has 1 aromatic heterocycles. The van der Waals surface area contributed by atoms with Crippen LogP contribution in [-0.4, -0.2) is 39.6 Å². The van der Waals surface area contributed by atoms with Gasteiger partial charge in [-0.2, -0.15) is 0 Å². The molecule has 8 heteroatoms. The molecule has 0 bridgehead atoms. The van der Waals surface area contributed by atoms with E-state index in [9.17, 15) is 18.0 Å². The third-order valence-electron chi connectivity index (χ3n) is 3.92. The molecular weight excluding hydrogens is 362 g/mol. The number of aryl methyl sites for hydroxylation is 1. The van der Waals surface area contributed by atoms with E-state index in [4.69, 9.17) is 4.74 Å². The van der Waals surface area contributed by atoms with Crippen molar-refractivity contribution in [3.63, 3.8) is 0 Å². The zero-order valence-electron chi connectivity index (χ0n) is 13.8. The Hall–Kier alpha value is -2.19. The number of ether oxygens (including phenoxy) is 1. The number of rotatable bonds is 5. The van der Waals surface area contributed by atoms with Crippen molar-refractivity contribution in [1.82, 2.24) is 0 Å². The number of fused-ring (bicyclic) bond motifs is 1.